The largest absolute Gasteiger partial charge is 0.379 e. The highest BCUT2D eigenvalue weighted by molar-refractivity contribution is 9.10. The van der Waals surface area contributed by atoms with Crippen molar-refractivity contribution in [2.24, 2.45) is 0 Å². The van der Waals surface area contributed by atoms with Gasteiger partial charge in [-0.1, -0.05) is 33.6 Å². The number of benzene rings is 1. The lowest BCUT2D eigenvalue weighted by molar-refractivity contribution is 1.19. The van der Waals surface area contributed by atoms with E-state index in [2.05, 4.69) is 50.2 Å². The van der Waals surface area contributed by atoms with Gasteiger partial charge >= 0.3 is 0 Å². The van der Waals surface area contributed by atoms with E-state index in [4.69, 9.17) is 11.6 Å². The van der Waals surface area contributed by atoms with Crippen LogP contribution in [0.4, 0.5) is 5.69 Å². The van der Waals surface area contributed by atoms with Gasteiger partial charge in [-0.25, -0.2) is 0 Å². The van der Waals surface area contributed by atoms with Gasteiger partial charge in [0.15, 0.2) is 0 Å². The van der Waals surface area contributed by atoms with E-state index in [-0.39, 0.29) is 0 Å². The summed E-state index contributed by atoms with van der Waals surface area (Å²) in [5, 5.41) is 8.42. The molecule has 0 aliphatic heterocycles. The first-order valence-electron chi connectivity index (χ1n) is 6.02. The van der Waals surface area contributed by atoms with Crippen molar-refractivity contribution in [2.75, 3.05) is 5.32 Å². The van der Waals surface area contributed by atoms with Crippen molar-refractivity contribution in [1.82, 2.24) is 0 Å². The summed E-state index contributed by atoms with van der Waals surface area (Å²) in [5.74, 6) is 0. The van der Waals surface area contributed by atoms with Crippen molar-refractivity contribution in [3.8, 4) is 10.4 Å². The number of anilines is 1. The number of thiophene rings is 2. The van der Waals surface area contributed by atoms with E-state index in [1.165, 1.54) is 15.3 Å². The zero-order chi connectivity index (χ0) is 13.9. The molecule has 0 aliphatic rings. The summed E-state index contributed by atoms with van der Waals surface area (Å²) in [6.07, 6.45) is 0. The van der Waals surface area contributed by atoms with Gasteiger partial charge < -0.3 is 5.32 Å². The zero-order valence-corrected chi connectivity index (χ0v) is 14.4. The summed E-state index contributed by atoms with van der Waals surface area (Å²) in [4.78, 5) is 2.61. The Bertz CT molecular complexity index is 706. The van der Waals surface area contributed by atoms with Gasteiger partial charge in [0.2, 0.25) is 0 Å². The molecule has 3 aromatic rings. The molecule has 5 heteroatoms. The second-order valence-corrected chi connectivity index (χ2v) is 7.52. The van der Waals surface area contributed by atoms with Crippen LogP contribution >= 0.6 is 50.2 Å². The number of hydrogen-bond acceptors (Lipinski definition) is 3. The molecule has 0 radical (unpaired) electrons. The molecule has 0 aliphatic carbocycles. The van der Waals surface area contributed by atoms with Crippen LogP contribution in [0.15, 0.2) is 51.6 Å². The van der Waals surface area contributed by atoms with Gasteiger partial charge in [0, 0.05) is 26.3 Å². The third-order valence-corrected chi connectivity index (χ3v) is 5.52. The Kier molecular flexibility index (Phi) is 4.46. The molecule has 1 aromatic carbocycles. The van der Waals surface area contributed by atoms with Gasteiger partial charge in [-0.15, -0.1) is 22.7 Å². The van der Waals surface area contributed by atoms with E-state index in [1.54, 1.807) is 22.7 Å². The number of halogens is 2. The number of hydrogen-bond donors (Lipinski definition) is 1. The molecule has 3 rings (SSSR count). The predicted molar refractivity (Wildman–Crippen MR) is 94.1 cm³/mol. The minimum atomic E-state index is 0.739. The Hall–Kier alpha value is -0.810. The van der Waals surface area contributed by atoms with E-state index in [0.717, 1.165) is 21.7 Å². The molecular weight excluding hydrogens is 374 g/mol. The molecule has 20 heavy (non-hydrogen) atoms. The lowest BCUT2D eigenvalue weighted by Gasteiger charge is -2.07. The molecule has 0 fully saturated rings. The molecule has 0 amide bonds. The Labute approximate surface area is 139 Å². The number of rotatable bonds is 4. The first-order valence-corrected chi connectivity index (χ1v) is 8.95. The van der Waals surface area contributed by atoms with Crippen LogP contribution in [0, 0.1) is 0 Å². The van der Waals surface area contributed by atoms with Crippen LogP contribution in [-0.4, -0.2) is 0 Å². The molecule has 1 N–H and O–H groups in total. The summed E-state index contributed by atoms with van der Waals surface area (Å²) in [6, 6.07) is 12.3. The molecule has 0 unspecified atom stereocenters. The van der Waals surface area contributed by atoms with E-state index in [9.17, 15) is 0 Å². The summed E-state index contributed by atoms with van der Waals surface area (Å²) in [6.45, 7) is 0.784. The SMILES string of the molecule is Clc1ccc(Br)cc1NCc1cc(-c2cccs2)cs1. The van der Waals surface area contributed by atoms with E-state index < -0.39 is 0 Å². The lowest BCUT2D eigenvalue weighted by Crippen LogP contribution is -1.97. The Balaban J connectivity index is 1.71. The maximum absolute atomic E-state index is 6.17. The van der Waals surface area contributed by atoms with Crippen molar-refractivity contribution in [2.45, 2.75) is 6.54 Å². The fraction of sp³-hybridized carbons (Fsp3) is 0.0667. The smallest absolute Gasteiger partial charge is 0.0638 e. The fourth-order valence-corrected chi connectivity index (χ4v) is 4.02. The average molecular weight is 385 g/mol. The molecule has 0 spiro atoms. The van der Waals surface area contributed by atoms with Crippen LogP contribution in [0.3, 0.4) is 0 Å². The van der Waals surface area contributed by atoms with Gasteiger partial charge in [0.25, 0.3) is 0 Å². The van der Waals surface area contributed by atoms with Crippen LogP contribution in [0.1, 0.15) is 4.88 Å². The normalized spacial score (nSPS) is 10.7. The second-order valence-electron chi connectivity index (χ2n) is 4.26. The molecule has 0 bridgehead atoms. The Morgan fingerprint density at radius 2 is 2.05 bits per heavy atom. The minimum absolute atomic E-state index is 0.739. The monoisotopic (exact) mass is 383 g/mol. The van der Waals surface area contributed by atoms with Gasteiger partial charge in [-0.3, -0.25) is 0 Å². The third-order valence-electron chi connectivity index (χ3n) is 2.84. The standard InChI is InChI=1S/C15H11BrClNS2/c16-11-3-4-13(17)14(7-11)18-8-12-6-10(9-20-12)15-2-1-5-19-15/h1-7,9,18H,8H2. The molecule has 102 valence electrons. The van der Waals surface area contributed by atoms with E-state index in [0.29, 0.717) is 0 Å². The molecule has 1 nitrogen and oxygen atoms in total. The first kappa shape index (κ1) is 14.1. The van der Waals surface area contributed by atoms with Gasteiger partial charge in [-0.2, -0.15) is 0 Å². The minimum Gasteiger partial charge on any atom is -0.379 e. The number of nitrogens with one attached hydrogen (secondary N) is 1. The third kappa shape index (κ3) is 3.26. The molecule has 0 atom stereocenters. The average Bonchev–Trinajstić information content (AvgIpc) is 3.09. The topological polar surface area (TPSA) is 12.0 Å². The maximum atomic E-state index is 6.17. The van der Waals surface area contributed by atoms with Crippen molar-refractivity contribution < 1.29 is 0 Å². The summed E-state index contributed by atoms with van der Waals surface area (Å²) < 4.78 is 1.02. The highest BCUT2D eigenvalue weighted by Crippen LogP contribution is 2.30. The molecule has 2 heterocycles. The predicted octanol–water partition coefficient (Wildman–Crippen LogP) is 6.50. The van der Waals surface area contributed by atoms with Gasteiger partial charge in [0.1, 0.15) is 0 Å². The Morgan fingerprint density at radius 1 is 1.15 bits per heavy atom. The summed E-state index contributed by atoms with van der Waals surface area (Å²) >= 11 is 13.2. The summed E-state index contributed by atoms with van der Waals surface area (Å²) in [7, 11) is 0. The zero-order valence-electron chi connectivity index (χ0n) is 10.4. The van der Waals surface area contributed by atoms with Crippen LogP contribution in [0.25, 0.3) is 10.4 Å². The van der Waals surface area contributed by atoms with Gasteiger partial charge in [0.05, 0.1) is 10.7 Å². The van der Waals surface area contributed by atoms with Gasteiger partial charge in [-0.05, 0) is 41.1 Å². The highest BCUT2D eigenvalue weighted by atomic mass is 79.9. The van der Waals surface area contributed by atoms with E-state index in [1.807, 2.05) is 18.2 Å². The highest BCUT2D eigenvalue weighted by Gasteiger charge is 2.05. The second kappa shape index (κ2) is 6.31. The fourth-order valence-electron chi connectivity index (χ4n) is 1.86. The van der Waals surface area contributed by atoms with Crippen LogP contribution in [-0.2, 0) is 6.54 Å². The quantitative estimate of drug-likeness (QED) is 0.541. The van der Waals surface area contributed by atoms with Crippen LogP contribution in [0.2, 0.25) is 5.02 Å². The Morgan fingerprint density at radius 3 is 2.85 bits per heavy atom. The van der Waals surface area contributed by atoms with Crippen LogP contribution < -0.4 is 5.32 Å². The lowest BCUT2D eigenvalue weighted by atomic mass is 10.2. The summed E-state index contributed by atoms with van der Waals surface area (Å²) in [5.41, 5.74) is 2.24. The molecule has 0 saturated carbocycles. The molecule has 2 aromatic heterocycles. The van der Waals surface area contributed by atoms with Crippen molar-refractivity contribution in [1.29, 1.82) is 0 Å². The van der Waals surface area contributed by atoms with Crippen molar-refractivity contribution in [3.05, 3.63) is 61.5 Å². The van der Waals surface area contributed by atoms with E-state index >= 15 is 0 Å². The first-order chi connectivity index (χ1) is 9.72. The van der Waals surface area contributed by atoms with Crippen LogP contribution in [0.5, 0.6) is 0 Å². The molecule has 0 saturated heterocycles. The molecular formula is C15H11BrClNS2. The van der Waals surface area contributed by atoms with Crippen molar-refractivity contribution in [3.63, 3.8) is 0 Å². The maximum Gasteiger partial charge on any atom is 0.0638 e. The van der Waals surface area contributed by atoms with Crippen molar-refractivity contribution >= 4 is 55.9 Å².